The van der Waals surface area contributed by atoms with Gasteiger partial charge in [0.15, 0.2) is 23.1 Å². The number of amides is 1. The van der Waals surface area contributed by atoms with Crippen LogP contribution in [0.3, 0.4) is 0 Å². The lowest BCUT2D eigenvalue weighted by molar-refractivity contribution is -0.132. The molecule has 0 saturated carbocycles. The first-order valence-corrected chi connectivity index (χ1v) is 11.9. The van der Waals surface area contributed by atoms with Gasteiger partial charge in [0.25, 0.3) is 0 Å². The molecule has 1 aliphatic rings. The summed E-state index contributed by atoms with van der Waals surface area (Å²) in [5.41, 5.74) is 3.03. The molecule has 1 atom stereocenters. The van der Waals surface area contributed by atoms with Gasteiger partial charge in [-0.25, -0.2) is 4.39 Å². The number of carbonyl (C=O) groups is 1. The van der Waals surface area contributed by atoms with Gasteiger partial charge in [0.2, 0.25) is 5.91 Å². The smallest absolute Gasteiger partial charge is 0.236 e. The standard InChI is InChI=1S/C26H29FN2O4S/c1-28(15-17-7-8-21(31-2)20(27)12-17)25(30)16-29-10-9-18-13-22(32-3)23(33-4)14-19(18)26(29)24-6-5-11-34-24/h5-8,11-14,26H,9-10,15-16H2,1-4H3. The monoisotopic (exact) mass is 484 g/mol. The number of benzene rings is 2. The Morgan fingerprint density at radius 2 is 1.82 bits per heavy atom. The van der Waals surface area contributed by atoms with Crippen molar-refractivity contribution in [3.63, 3.8) is 0 Å². The number of carbonyl (C=O) groups excluding carboxylic acids is 1. The van der Waals surface area contributed by atoms with E-state index in [2.05, 4.69) is 16.3 Å². The Labute approximate surface area is 203 Å². The van der Waals surface area contributed by atoms with Crippen LogP contribution in [0.1, 0.15) is 27.6 Å². The summed E-state index contributed by atoms with van der Waals surface area (Å²) in [6.45, 7) is 1.31. The second-order valence-corrected chi connectivity index (χ2v) is 9.24. The Morgan fingerprint density at radius 1 is 1.09 bits per heavy atom. The zero-order valence-corrected chi connectivity index (χ0v) is 20.7. The molecule has 0 spiro atoms. The Balaban J connectivity index is 1.56. The SMILES string of the molecule is COc1ccc(CN(C)C(=O)CN2CCc3cc(OC)c(OC)cc3C2c2cccs2)cc1F. The molecule has 6 nitrogen and oxygen atoms in total. The van der Waals surface area contributed by atoms with E-state index in [0.717, 1.165) is 18.5 Å². The van der Waals surface area contributed by atoms with Crippen LogP contribution in [0.15, 0.2) is 47.8 Å². The van der Waals surface area contributed by atoms with E-state index < -0.39 is 5.82 Å². The molecule has 0 N–H and O–H groups in total. The van der Waals surface area contributed by atoms with Gasteiger partial charge in [-0.2, -0.15) is 0 Å². The molecular formula is C26H29FN2O4S. The van der Waals surface area contributed by atoms with Crippen molar-refractivity contribution >= 4 is 17.2 Å². The molecule has 1 aliphatic heterocycles. The van der Waals surface area contributed by atoms with Gasteiger partial charge in [0.05, 0.1) is 33.9 Å². The van der Waals surface area contributed by atoms with Gasteiger partial charge in [0.1, 0.15) is 0 Å². The Bertz CT molecular complexity index is 1150. The fourth-order valence-corrected chi connectivity index (χ4v) is 5.29. The van der Waals surface area contributed by atoms with E-state index >= 15 is 0 Å². The predicted octanol–water partition coefficient (Wildman–Crippen LogP) is 4.52. The van der Waals surface area contributed by atoms with Crippen LogP contribution in [0.25, 0.3) is 0 Å². The number of rotatable bonds is 8. The summed E-state index contributed by atoms with van der Waals surface area (Å²) >= 11 is 1.67. The fourth-order valence-electron chi connectivity index (χ4n) is 4.41. The van der Waals surface area contributed by atoms with E-state index in [4.69, 9.17) is 14.2 Å². The average Bonchev–Trinajstić information content (AvgIpc) is 3.37. The minimum absolute atomic E-state index is 0.0262. The molecule has 1 aromatic heterocycles. The molecular weight excluding hydrogens is 455 g/mol. The van der Waals surface area contributed by atoms with E-state index in [1.165, 1.54) is 23.6 Å². The predicted molar refractivity (Wildman–Crippen MR) is 130 cm³/mol. The molecule has 0 radical (unpaired) electrons. The Morgan fingerprint density at radius 3 is 2.47 bits per heavy atom. The maximum atomic E-state index is 14.1. The number of nitrogens with zero attached hydrogens (tertiary/aromatic N) is 2. The van der Waals surface area contributed by atoms with Gasteiger partial charge in [0, 0.05) is 25.0 Å². The first-order valence-electron chi connectivity index (χ1n) is 11.0. The minimum Gasteiger partial charge on any atom is -0.494 e. The topological polar surface area (TPSA) is 51.2 Å². The summed E-state index contributed by atoms with van der Waals surface area (Å²) in [6.07, 6.45) is 0.804. The second kappa shape index (κ2) is 10.4. The van der Waals surface area contributed by atoms with Crippen molar-refractivity contribution < 1.29 is 23.4 Å². The van der Waals surface area contributed by atoms with Gasteiger partial charge in [-0.15, -0.1) is 11.3 Å². The van der Waals surface area contributed by atoms with Gasteiger partial charge in [-0.05, 0) is 58.8 Å². The van der Waals surface area contributed by atoms with Crippen LogP contribution in [0.4, 0.5) is 4.39 Å². The number of methoxy groups -OCH3 is 3. The second-order valence-electron chi connectivity index (χ2n) is 8.26. The first kappa shape index (κ1) is 24.0. The maximum absolute atomic E-state index is 14.1. The molecule has 1 amide bonds. The summed E-state index contributed by atoms with van der Waals surface area (Å²) in [5, 5.41) is 2.05. The molecule has 180 valence electrons. The highest BCUT2D eigenvalue weighted by Gasteiger charge is 2.32. The van der Waals surface area contributed by atoms with Crippen molar-refractivity contribution in [3.05, 3.63) is 75.2 Å². The lowest BCUT2D eigenvalue weighted by Crippen LogP contribution is -2.43. The van der Waals surface area contributed by atoms with E-state index in [0.29, 0.717) is 23.6 Å². The highest BCUT2D eigenvalue weighted by molar-refractivity contribution is 7.10. The number of thiophene rings is 1. The van der Waals surface area contributed by atoms with E-state index in [9.17, 15) is 9.18 Å². The lowest BCUT2D eigenvalue weighted by atomic mass is 9.91. The average molecular weight is 485 g/mol. The number of halogens is 1. The summed E-state index contributed by atoms with van der Waals surface area (Å²) in [4.78, 5) is 18.2. The van der Waals surface area contributed by atoms with Crippen LogP contribution < -0.4 is 14.2 Å². The van der Waals surface area contributed by atoms with Crippen molar-refractivity contribution in [1.82, 2.24) is 9.80 Å². The molecule has 2 aromatic carbocycles. The minimum atomic E-state index is -0.435. The van der Waals surface area contributed by atoms with Crippen LogP contribution in [0.5, 0.6) is 17.2 Å². The normalized spacial score (nSPS) is 15.5. The highest BCUT2D eigenvalue weighted by atomic mass is 32.1. The van der Waals surface area contributed by atoms with Crippen LogP contribution in [-0.4, -0.2) is 57.2 Å². The molecule has 0 saturated heterocycles. The zero-order valence-electron chi connectivity index (χ0n) is 19.8. The molecule has 0 fully saturated rings. The van der Waals surface area contributed by atoms with E-state index in [-0.39, 0.29) is 24.2 Å². The van der Waals surface area contributed by atoms with Crippen molar-refractivity contribution in [2.24, 2.45) is 0 Å². The fraction of sp³-hybridized carbons (Fsp3) is 0.346. The number of ether oxygens (including phenoxy) is 3. The third-order valence-electron chi connectivity index (χ3n) is 6.19. The van der Waals surface area contributed by atoms with Gasteiger partial charge < -0.3 is 19.1 Å². The number of hydrogen-bond donors (Lipinski definition) is 0. The molecule has 1 unspecified atom stereocenters. The van der Waals surface area contributed by atoms with Crippen LogP contribution >= 0.6 is 11.3 Å². The van der Waals surface area contributed by atoms with Crippen molar-refractivity contribution in [2.45, 2.75) is 19.0 Å². The maximum Gasteiger partial charge on any atom is 0.236 e. The van der Waals surface area contributed by atoms with Crippen molar-refractivity contribution in [1.29, 1.82) is 0 Å². The molecule has 3 aromatic rings. The van der Waals surface area contributed by atoms with Gasteiger partial charge >= 0.3 is 0 Å². The quantitative estimate of drug-likeness (QED) is 0.471. The first-order chi connectivity index (χ1) is 16.4. The van der Waals surface area contributed by atoms with Gasteiger partial charge in [-0.3, -0.25) is 9.69 Å². The van der Waals surface area contributed by atoms with E-state index in [1.807, 2.05) is 18.2 Å². The summed E-state index contributed by atoms with van der Waals surface area (Å²) < 4.78 is 30.1. The number of hydrogen-bond acceptors (Lipinski definition) is 6. The summed E-state index contributed by atoms with van der Waals surface area (Å²) in [7, 11) is 6.45. The molecule has 8 heteroatoms. The van der Waals surface area contributed by atoms with Gasteiger partial charge in [-0.1, -0.05) is 12.1 Å². The highest BCUT2D eigenvalue weighted by Crippen LogP contribution is 2.42. The Kier molecular flexibility index (Phi) is 7.38. The van der Waals surface area contributed by atoms with Crippen LogP contribution in [0.2, 0.25) is 0 Å². The molecule has 0 aliphatic carbocycles. The van der Waals surface area contributed by atoms with Crippen molar-refractivity contribution in [3.8, 4) is 17.2 Å². The Hall–Kier alpha value is -3.10. The molecule has 4 rings (SSSR count). The number of fused-ring (bicyclic) bond motifs is 1. The third-order valence-corrected chi connectivity index (χ3v) is 7.11. The summed E-state index contributed by atoms with van der Waals surface area (Å²) in [6, 6.07) is 12.9. The molecule has 0 bridgehead atoms. The van der Waals surface area contributed by atoms with E-state index in [1.54, 1.807) is 49.6 Å². The largest absolute Gasteiger partial charge is 0.494 e. The third kappa shape index (κ3) is 4.88. The molecule has 2 heterocycles. The summed E-state index contributed by atoms with van der Waals surface area (Å²) in [5.74, 6) is 1.12. The van der Waals surface area contributed by atoms with Crippen molar-refractivity contribution in [2.75, 3.05) is 41.5 Å². The molecule has 34 heavy (non-hydrogen) atoms. The van der Waals surface area contributed by atoms with Crippen LogP contribution in [0, 0.1) is 5.82 Å². The lowest BCUT2D eigenvalue weighted by Gasteiger charge is -2.37. The number of likely N-dealkylation sites (N-methyl/N-ethyl adjacent to an activating group) is 1. The zero-order chi connectivity index (χ0) is 24.2. The van der Waals surface area contributed by atoms with Crippen LogP contribution in [-0.2, 0) is 17.8 Å².